The number of hydrogen-bond donors (Lipinski definition) is 0. The summed E-state index contributed by atoms with van der Waals surface area (Å²) in [5.74, 6) is -0.302. The second kappa shape index (κ2) is 10.1. The van der Waals surface area contributed by atoms with E-state index in [1.54, 1.807) is 12.1 Å². The molecule has 218 valence electrons. The molecule has 0 radical (unpaired) electrons. The Hall–Kier alpha value is -4.86. The standard InChI is InChI=1S/C37H24F2N4S2/c1-17(2)13-37(14-18(3)4)31-29-21-9-7-19(38)11-23(21)27(25(15-40)42-5)33(29)44-35(31)36-32(37)30-22-10-8-20(39)12-24(22)28(34(30)45-36)26(16-41)43-6/h7-12,17-18H,13-14H2,1-4H3/b27-25-,28-26+. The van der Waals surface area contributed by atoms with Crippen molar-refractivity contribution in [3.63, 3.8) is 0 Å². The first kappa shape index (κ1) is 28.9. The van der Waals surface area contributed by atoms with Crippen LogP contribution in [-0.4, -0.2) is 0 Å². The number of allylic oxidation sites excluding steroid dienone is 2. The Kier molecular flexibility index (Phi) is 6.47. The Morgan fingerprint density at radius 1 is 0.711 bits per heavy atom. The molecule has 2 aromatic carbocycles. The molecule has 0 saturated heterocycles. The van der Waals surface area contributed by atoms with Gasteiger partial charge in [0.15, 0.2) is 0 Å². The fourth-order valence-corrected chi connectivity index (χ4v) is 10.9. The summed E-state index contributed by atoms with van der Waals surface area (Å²) in [6.45, 7) is 24.4. The van der Waals surface area contributed by atoms with Crippen molar-refractivity contribution >= 4 is 33.8 Å². The minimum Gasteiger partial charge on any atom is -0.226 e. The van der Waals surface area contributed by atoms with E-state index in [1.807, 2.05) is 0 Å². The van der Waals surface area contributed by atoms with E-state index in [4.69, 9.17) is 13.1 Å². The van der Waals surface area contributed by atoms with Crippen molar-refractivity contribution in [2.45, 2.75) is 46.0 Å². The van der Waals surface area contributed by atoms with Gasteiger partial charge in [0.25, 0.3) is 11.4 Å². The van der Waals surface area contributed by atoms with Crippen LogP contribution in [0.3, 0.4) is 0 Å². The number of halogens is 2. The molecular weight excluding hydrogens is 603 g/mol. The second-order valence-electron chi connectivity index (χ2n) is 12.6. The van der Waals surface area contributed by atoms with Gasteiger partial charge in [-0.05, 0) is 82.3 Å². The lowest BCUT2D eigenvalue weighted by molar-refractivity contribution is 0.339. The monoisotopic (exact) mass is 626 g/mol. The van der Waals surface area contributed by atoms with Gasteiger partial charge in [0.05, 0.1) is 25.3 Å². The Labute approximate surface area is 268 Å². The molecule has 0 bridgehead atoms. The number of fused-ring (bicyclic) bond motifs is 11. The van der Waals surface area contributed by atoms with Crippen molar-refractivity contribution in [3.05, 3.63) is 114 Å². The van der Waals surface area contributed by atoms with E-state index in [-0.39, 0.29) is 23.2 Å². The number of nitriles is 2. The van der Waals surface area contributed by atoms with Gasteiger partial charge in [0, 0.05) is 47.2 Å². The summed E-state index contributed by atoms with van der Waals surface area (Å²) in [6, 6.07) is 13.4. The van der Waals surface area contributed by atoms with Crippen LogP contribution in [0.25, 0.3) is 52.8 Å². The SMILES string of the molecule is [C-]#[N+]/C(C#N)=C1/c2cc(F)ccc2-c2c1sc1c2C(CC(C)C)(CC(C)C)c2c-1sc1c2-c2ccc(F)cc2/C1=C(/C#N)[N+]#[C-]. The topological polar surface area (TPSA) is 56.3 Å². The summed E-state index contributed by atoms with van der Waals surface area (Å²) in [6.07, 6.45) is 1.59. The zero-order valence-corrected chi connectivity index (χ0v) is 26.5. The number of rotatable bonds is 4. The Morgan fingerprint density at radius 3 is 1.44 bits per heavy atom. The van der Waals surface area contributed by atoms with Crippen molar-refractivity contribution in [2.24, 2.45) is 11.8 Å². The van der Waals surface area contributed by atoms with Crippen LogP contribution in [-0.2, 0) is 5.41 Å². The van der Waals surface area contributed by atoms with Gasteiger partial charge in [-0.25, -0.2) is 29.0 Å². The summed E-state index contributed by atoms with van der Waals surface area (Å²) in [5, 5.41) is 20.0. The maximum absolute atomic E-state index is 14.7. The van der Waals surface area contributed by atoms with E-state index in [1.165, 1.54) is 46.9 Å². The molecule has 3 aliphatic carbocycles. The van der Waals surface area contributed by atoms with Crippen molar-refractivity contribution in [2.75, 3.05) is 0 Å². The van der Waals surface area contributed by atoms with E-state index in [2.05, 4.69) is 49.5 Å². The summed E-state index contributed by atoms with van der Waals surface area (Å²) >= 11 is 3.07. The van der Waals surface area contributed by atoms with Gasteiger partial charge in [-0.2, -0.15) is 0 Å². The lowest BCUT2D eigenvalue weighted by atomic mass is 9.66. The van der Waals surface area contributed by atoms with E-state index < -0.39 is 17.0 Å². The van der Waals surface area contributed by atoms with Crippen molar-refractivity contribution in [1.82, 2.24) is 0 Å². The van der Waals surface area contributed by atoms with Gasteiger partial charge in [-0.3, -0.25) is 0 Å². The average molecular weight is 627 g/mol. The van der Waals surface area contributed by atoms with Crippen LogP contribution in [0.5, 0.6) is 0 Å². The van der Waals surface area contributed by atoms with E-state index >= 15 is 0 Å². The molecule has 0 atom stereocenters. The molecule has 8 heteroatoms. The van der Waals surface area contributed by atoms with Gasteiger partial charge >= 0.3 is 0 Å². The first-order valence-electron chi connectivity index (χ1n) is 14.6. The highest BCUT2D eigenvalue weighted by Gasteiger charge is 2.53. The zero-order chi connectivity index (χ0) is 31.9. The third-order valence-corrected chi connectivity index (χ3v) is 11.5. The Balaban J connectivity index is 1.67. The molecule has 3 aliphatic rings. The van der Waals surface area contributed by atoms with E-state index in [9.17, 15) is 19.3 Å². The van der Waals surface area contributed by atoms with Crippen LogP contribution >= 0.6 is 22.7 Å². The van der Waals surface area contributed by atoms with Crippen molar-refractivity contribution in [1.29, 1.82) is 10.5 Å². The van der Waals surface area contributed by atoms with Crippen LogP contribution in [0.15, 0.2) is 47.8 Å². The maximum Gasteiger partial charge on any atom is 0.271 e. The largest absolute Gasteiger partial charge is 0.271 e. The van der Waals surface area contributed by atoms with E-state index in [0.717, 1.165) is 65.7 Å². The summed E-state index contributed by atoms with van der Waals surface area (Å²) in [4.78, 5) is 10.8. The molecule has 0 aliphatic heterocycles. The summed E-state index contributed by atoms with van der Waals surface area (Å²) in [7, 11) is 0. The van der Waals surface area contributed by atoms with Crippen LogP contribution in [0, 0.1) is 59.3 Å². The molecule has 45 heavy (non-hydrogen) atoms. The molecular formula is C37H24F2N4S2. The molecule has 7 rings (SSSR count). The third kappa shape index (κ3) is 3.80. The molecule has 0 N–H and O–H groups in total. The molecule has 0 saturated carbocycles. The fraction of sp³-hybridized carbons (Fsp3) is 0.243. The molecule has 0 unspecified atom stereocenters. The predicted molar refractivity (Wildman–Crippen MR) is 175 cm³/mol. The van der Waals surface area contributed by atoms with Crippen LogP contribution in [0.4, 0.5) is 8.78 Å². The van der Waals surface area contributed by atoms with Crippen LogP contribution in [0.1, 0.15) is 72.5 Å². The molecule has 0 spiro atoms. The van der Waals surface area contributed by atoms with Crippen molar-refractivity contribution < 1.29 is 8.78 Å². The molecule has 2 aromatic heterocycles. The smallest absolute Gasteiger partial charge is 0.226 e. The summed E-state index contributed by atoms with van der Waals surface area (Å²) in [5.41, 5.74) is 7.31. The van der Waals surface area contributed by atoms with Gasteiger partial charge in [-0.1, -0.05) is 39.8 Å². The first-order chi connectivity index (χ1) is 21.6. The maximum atomic E-state index is 14.7. The highest BCUT2D eigenvalue weighted by Crippen LogP contribution is 2.70. The highest BCUT2D eigenvalue weighted by molar-refractivity contribution is 7.24. The predicted octanol–water partition coefficient (Wildman–Crippen LogP) is 10.8. The molecule has 4 nitrogen and oxygen atoms in total. The normalized spacial score (nSPS) is 16.5. The zero-order valence-electron chi connectivity index (χ0n) is 24.9. The minimum atomic E-state index is -0.501. The fourth-order valence-electron chi connectivity index (χ4n) is 7.84. The van der Waals surface area contributed by atoms with Gasteiger partial charge in [-0.15, -0.1) is 22.7 Å². The highest BCUT2D eigenvalue weighted by atomic mass is 32.1. The Bertz CT molecular complexity index is 2060. The molecule has 0 fully saturated rings. The number of thiophene rings is 2. The lowest BCUT2D eigenvalue weighted by Gasteiger charge is -2.36. The van der Waals surface area contributed by atoms with Crippen LogP contribution in [0.2, 0.25) is 0 Å². The van der Waals surface area contributed by atoms with Gasteiger partial charge in [0.1, 0.15) is 11.6 Å². The number of hydrogen-bond acceptors (Lipinski definition) is 4. The van der Waals surface area contributed by atoms with Crippen molar-refractivity contribution in [3.8, 4) is 44.1 Å². The summed E-state index contributed by atoms with van der Waals surface area (Å²) < 4.78 is 29.4. The van der Waals surface area contributed by atoms with Gasteiger partial charge in [0.2, 0.25) is 0 Å². The van der Waals surface area contributed by atoms with E-state index in [0.29, 0.717) is 22.3 Å². The molecule has 0 amide bonds. The Morgan fingerprint density at radius 2 is 1.11 bits per heavy atom. The average Bonchev–Trinajstić information content (AvgIpc) is 3.74. The van der Waals surface area contributed by atoms with Crippen LogP contribution < -0.4 is 0 Å². The number of benzene rings is 2. The minimum absolute atomic E-state index is 0.0652. The quantitative estimate of drug-likeness (QED) is 0.144. The first-order valence-corrected chi connectivity index (χ1v) is 16.2. The molecule has 4 aromatic rings. The third-order valence-electron chi connectivity index (χ3n) is 8.90. The number of nitrogens with zero attached hydrogens (tertiary/aromatic N) is 4. The second-order valence-corrected chi connectivity index (χ2v) is 14.6. The lowest BCUT2D eigenvalue weighted by Crippen LogP contribution is -2.30. The van der Waals surface area contributed by atoms with Gasteiger partial charge < -0.3 is 0 Å². The molecule has 2 heterocycles.